The van der Waals surface area contributed by atoms with Gasteiger partial charge in [-0.25, -0.2) is 0 Å². The molecule has 0 aliphatic rings. The van der Waals surface area contributed by atoms with E-state index < -0.39 is 18.6 Å². The van der Waals surface area contributed by atoms with Crippen molar-refractivity contribution in [1.29, 1.82) is 0 Å². The molecule has 0 saturated carbocycles. The lowest BCUT2D eigenvalue weighted by atomic mass is 10.2. The van der Waals surface area contributed by atoms with Gasteiger partial charge in [0.05, 0.1) is 19.8 Å². The monoisotopic (exact) mass is 349 g/mol. The topological polar surface area (TPSA) is 123 Å². The van der Waals surface area contributed by atoms with Gasteiger partial charge in [-0.3, -0.25) is 9.59 Å². The van der Waals surface area contributed by atoms with Gasteiger partial charge in [-0.15, -0.1) is 6.42 Å². The van der Waals surface area contributed by atoms with Crippen LogP contribution in [0.4, 0.5) is 0 Å². The molecule has 2 amide bonds. The Kier molecular flexibility index (Phi) is 9.70. The zero-order valence-corrected chi connectivity index (χ0v) is 13.9. The summed E-state index contributed by atoms with van der Waals surface area (Å²) in [6, 6.07) is 5.76. The Labute approximate surface area is 146 Å². The predicted octanol–water partition coefficient (Wildman–Crippen LogP) is -1.12. The Morgan fingerprint density at radius 3 is 2.68 bits per heavy atom. The molecule has 0 aliphatic heterocycles. The average molecular weight is 349 g/mol. The summed E-state index contributed by atoms with van der Waals surface area (Å²) in [6.07, 6.45) is 5.12. The summed E-state index contributed by atoms with van der Waals surface area (Å²) < 4.78 is 10.5. The molecule has 0 fully saturated rings. The smallest absolute Gasteiger partial charge is 0.251 e. The molecule has 0 spiro atoms. The standard InChI is InChI=1S/C17H23N3O5/c1-2-8-25-14-5-3-4-13(11-14)16(22)19-6-9-24-10-7-20-17(23)15(18)12-21/h1,3-5,11,15,21H,6-10,12,18H2,(H,19,22)(H,20,23)/t15-/m1/s1. The fourth-order valence-corrected chi connectivity index (χ4v) is 1.75. The Bertz CT molecular complexity index is 600. The molecule has 1 rings (SSSR count). The van der Waals surface area contributed by atoms with Crippen LogP contribution in [0.2, 0.25) is 0 Å². The van der Waals surface area contributed by atoms with Gasteiger partial charge in [0, 0.05) is 18.7 Å². The summed E-state index contributed by atoms with van der Waals surface area (Å²) in [5.41, 5.74) is 5.79. The molecule has 1 aromatic carbocycles. The van der Waals surface area contributed by atoms with Crippen molar-refractivity contribution < 1.29 is 24.2 Å². The first-order valence-electron chi connectivity index (χ1n) is 7.75. The van der Waals surface area contributed by atoms with Gasteiger partial charge in [-0.05, 0) is 18.2 Å². The number of carbonyl (C=O) groups is 2. The summed E-state index contributed by atoms with van der Waals surface area (Å²) in [7, 11) is 0. The number of nitrogens with two attached hydrogens (primary N) is 1. The van der Waals surface area contributed by atoms with Crippen LogP contribution in [0.3, 0.4) is 0 Å². The first kappa shape index (κ1) is 20.4. The van der Waals surface area contributed by atoms with Crippen molar-refractivity contribution in [3.8, 4) is 18.1 Å². The average Bonchev–Trinajstić information content (AvgIpc) is 2.64. The third kappa shape index (κ3) is 8.17. The van der Waals surface area contributed by atoms with Crippen LogP contribution in [0, 0.1) is 12.3 Å². The van der Waals surface area contributed by atoms with Crippen molar-refractivity contribution in [2.45, 2.75) is 6.04 Å². The number of amides is 2. The maximum atomic E-state index is 12.0. The molecule has 25 heavy (non-hydrogen) atoms. The highest BCUT2D eigenvalue weighted by Gasteiger charge is 2.10. The highest BCUT2D eigenvalue weighted by atomic mass is 16.5. The van der Waals surface area contributed by atoms with Gasteiger partial charge in [-0.2, -0.15) is 0 Å². The molecular formula is C17H23N3O5. The van der Waals surface area contributed by atoms with E-state index >= 15 is 0 Å². The third-order valence-electron chi connectivity index (χ3n) is 3.03. The molecule has 8 nitrogen and oxygen atoms in total. The molecule has 0 saturated heterocycles. The normalized spacial score (nSPS) is 11.2. The molecule has 1 aromatic rings. The maximum absolute atomic E-state index is 12.0. The number of aliphatic hydroxyl groups is 1. The number of nitrogens with one attached hydrogen (secondary N) is 2. The number of aliphatic hydroxyl groups excluding tert-OH is 1. The van der Waals surface area contributed by atoms with Crippen molar-refractivity contribution in [3.05, 3.63) is 29.8 Å². The second-order valence-electron chi connectivity index (χ2n) is 4.97. The summed E-state index contributed by atoms with van der Waals surface area (Å²) in [6.45, 7) is 0.885. The number of ether oxygens (including phenoxy) is 2. The van der Waals surface area contributed by atoms with Gasteiger partial charge in [0.25, 0.3) is 5.91 Å². The van der Waals surface area contributed by atoms with Crippen molar-refractivity contribution in [2.24, 2.45) is 5.73 Å². The van der Waals surface area contributed by atoms with E-state index in [2.05, 4.69) is 16.6 Å². The van der Waals surface area contributed by atoms with Crippen molar-refractivity contribution in [3.63, 3.8) is 0 Å². The summed E-state index contributed by atoms with van der Waals surface area (Å²) in [4.78, 5) is 23.3. The predicted molar refractivity (Wildman–Crippen MR) is 92.0 cm³/mol. The van der Waals surface area contributed by atoms with E-state index in [1.165, 1.54) is 0 Å². The molecule has 136 valence electrons. The lowest BCUT2D eigenvalue weighted by Crippen LogP contribution is -2.44. The van der Waals surface area contributed by atoms with Gasteiger partial charge in [0.15, 0.2) is 0 Å². The minimum Gasteiger partial charge on any atom is -0.481 e. The number of hydrogen-bond acceptors (Lipinski definition) is 6. The number of benzene rings is 1. The van der Waals surface area contributed by atoms with Crippen LogP contribution in [0.25, 0.3) is 0 Å². The van der Waals surface area contributed by atoms with E-state index in [1.807, 2.05) is 0 Å². The highest BCUT2D eigenvalue weighted by Crippen LogP contribution is 2.12. The van der Waals surface area contributed by atoms with Gasteiger partial charge < -0.3 is 30.9 Å². The van der Waals surface area contributed by atoms with Gasteiger partial charge >= 0.3 is 0 Å². The van der Waals surface area contributed by atoms with E-state index in [4.69, 9.17) is 26.7 Å². The summed E-state index contributed by atoms with van der Waals surface area (Å²) in [5.74, 6) is 2.19. The van der Waals surface area contributed by atoms with Crippen molar-refractivity contribution in [2.75, 3.05) is 39.5 Å². The number of hydrogen-bond donors (Lipinski definition) is 4. The van der Waals surface area contributed by atoms with Crippen LogP contribution in [0.15, 0.2) is 24.3 Å². The van der Waals surface area contributed by atoms with Crippen LogP contribution >= 0.6 is 0 Å². The molecule has 5 N–H and O–H groups in total. The largest absolute Gasteiger partial charge is 0.481 e. The molecule has 0 unspecified atom stereocenters. The van der Waals surface area contributed by atoms with E-state index in [9.17, 15) is 9.59 Å². The second-order valence-corrected chi connectivity index (χ2v) is 4.97. The van der Waals surface area contributed by atoms with Gasteiger partial charge in [0.1, 0.15) is 18.4 Å². The van der Waals surface area contributed by atoms with E-state index in [-0.39, 0.29) is 25.7 Å². The van der Waals surface area contributed by atoms with Crippen molar-refractivity contribution >= 4 is 11.8 Å². The molecule has 1 atom stereocenters. The fraction of sp³-hybridized carbons (Fsp3) is 0.412. The number of rotatable bonds is 11. The summed E-state index contributed by atoms with van der Waals surface area (Å²) in [5, 5.41) is 13.9. The number of terminal acetylenes is 1. The summed E-state index contributed by atoms with van der Waals surface area (Å²) >= 11 is 0. The quantitative estimate of drug-likeness (QED) is 0.296. The van der Waals surface area contributed by atoms with Gasteiger partial charge in [-0.1, -0.05) is 12.0 Å². The van der Waals surface area contributed by atoms with Crippen LogP contribution in [0.1, 0.15) is 10.4 Å². The minimum atomic E-state index is -0.931. The Morgan fingerprint density at radius 1 is 1.28 bits per heavy atom. The second kappa shape index (κ2) is 11.9. The van der Waals surface area contributed by atoms with Crippen LogP contribution in [0.5, 0.6) is 5.75 Å². The molecular weight excluding hydrogens is 326 g/mol. The van der Waals surface area contributed by atoms with E-state index in [1.54, 1.807) is 24.3 Å². The Balaban J connectivity index is 2.19. The molecule has 0 radical (unpaired) electrons. The molecule has 8 heteroatoms. The Morgan fingerprint density at radius 2 is 2.00 bits per heavy atom. The van der Waals surface area contributed by atoms with E-state index in [0.29, 0.717) is 24.5 Å². The minimum absolute atomic E-state index is 0.138. The Hall–Kier alpha value is -2.60. The maximum Gasteiger partial charge on any atom is 0.251 e. The van der Waals surface area contributed by atoms with Crippen LogP contribution < -0.4 is 21.1 Å². The first-order chi connectivity index (χ1) is 12.1. The fourth-order valence-electron chi connectivity index (χ4n) is 1.75. The zero-order chi connectivity index (χ0) is 18.5. The van der Waals surface area contributed by atoms with E-state index in [0.717, 1.165) is 0 Å². The third-order valence-corrected chi connectivity index (χ3v) is 3.03. The highest BCUT2D eigenvalue weighted by molar-refractivity contribution is 5.94. The molecule has 0 aromatic heterocycles. The molecule has 0 heterocycles. The lowest BCUT2D eigenvalue weighted by Gasteiger charge is -2.10. The number of carbonyl (C=O) groups excluding carboxylic acids is 2. The zero-order valence-electron chi connectivity index (χ0n) is 13.9. The molecule has 0 aliphatic carbocycles. The lowest BCUT2D eigenvalue weighted by molar-refractivity contribution is -0.123. The van der Waals surface area contributed by atoms with Gasteiger partial charge in [0.2, 0.25) is 5.91 Å². The van der Waals surface area contributed by atoms with Crippen molar-refractivity contribution in [1.82, 2.24) is 10.6 Å². The molecule has 0 bridgehead atoms. The van der Waals surface area contributed by atoms with Crippen LogP contribution in [-0.2, 0) is 9.53 Å². The first-order valence-corrected chi connectivity index (χ1v) is 7.75. The van der Waals surface area contributed by atoms with Crippen LogP contribution in [-0.4, -0.2) is 62.5 Å². The SMILES string of the molecule is C#CCOc1cccc(C(=O)NCCOCCNC(=O)[C@H](N)CO)c1.